The van der Waals surface area contributed by atoms with Crippen molar-refractivity contribution in [1.82, 2.24) is 0 Å². The van der Waals surface area contributed by atoms with Crippen molar-refractivity contribution >= 4 is 21.5 Å². The quantitative estimate of drug-likeness (QED) is 0.896. The highest BCUT2D eigenvalue weighted by atomic mass is 79.9. The van der Waals surface area contributed by atoms with Gasteiger partial charge in [-0.2, -0.15) is 0 Å². The summed E-state index contributed by atoms with van der Waals surface area (Å²) in [5, 5.41) is 0. The number of ether oxygens (including phenoxy) is 1. The van der Waals surface area contributed by atoms with E-state index in [1.807, 2.05) is 6.07 Å². The molecule has 0 fully saturated rings. The van der Waals surface area contributed by atoms with Gasteiger partial charge in [-0.3, -0.25) is 0 Å². The van der Waals surface area contributed by atoms with Crippen LogP contribution in [-0.2, 0) is 0 Å². The Labute approximate surface area is 112 Å². The van der Waals surface area contributed by atoms with Crippen LogP contribution in [0.15, 0.2) is 28.7 Å². The van der Waals surface area contributed by atoms with Crippen molar-refractivity contribution in [3.05, 3.63) is 34.3 Å². The van der Waals surface area contributed by atoms with Gasteiger partial charge >= 0.3 is 0 Å². The predicted molar refractivity (Wildman–Crippen MR) is 77.2 cm³/mol. The van der Waals surface area contributed by atoms with E-state index in [0.29, 0.717) is 12.5 Å². The molecule has 0 aliphatic rings. The van der Waals surface area contributed by atoms with E-state index >= 15 is 0 Å². The molecule has 1 aromatic rings. The summed E-state index contributed by atoms with van der Waals surface area (Å²) in [4.78, 5) is 0. The van der Waals surface area contributed by atoms with E-state index in [0.717, 1.165) is 16.6 Å². The van der Waals surface area contributed by atoms with Crippen molar-refractivity contribution in [1.29, 1.82) is 0 Å². The van der Waals surface area contributed by atoms with Gasteiger partial charge in [0.2, 0.25) is 0 Å². The van der Waals surface area contributed by atoms with Crippen LogP contribution in [0.2, 0.25) is 0 Å². The second-order valence-electron chi connectivity index (χ2n) is 4.24. The molecule has 94 valence electrons. The number of methoxy groups -OCH3 is 1. The summed E-state index contributed by atoms with van der Waals surface area (Å²) in [6.45, 7) is 5.08. The van der Waals surface area contributed by atoms with Gasteiger partial charge in [-0.05, 0) is 58.1 Å². The summed E-state index contributed by atoms with van der Waals surface area (Å²) in [5.41, 5.74) is 8.11. The summed E-state index contributed by atoms with van der Waals surface area (Å²) in [5.74, 6) is 1.34. The number of rotatable bonds is 5. The zero-order valence-electron chi connectivity index (χ0n) is 10.7. The number of halogens is 1. The molecule has 0 atom stereocenters. The smallest absolute Gasteiger partial charge is 0.133 e. The molecule has 0 unspecified atom stereocenters. The fourth-order valence-electron chi connectivity index (χ4n) is 1.77. The first kappa shape index (κ1) is 14.3. The van der Waals surface area contributed by atoms with Crippen LogP contribution in [0.3, 0.4) is 0 Å². The van der Waals surface area contributed by atoms with Crippen LogP contribution in [0, 0.1) is 5.92 Å². The number of nitrogens with two attached hydrogens (primary N) is 1. The van der Waals surface area contributed by atoms with Crippen molar-refractivity contribution in [3.63, 3.8) is 0 Å². The first-order valence-electron chi connectivity index (χ1n) is 5.84. The van der Waals surface area contributed by atoms with Gasteiger partial charge in [0.05, 0.1) is 11.6 Å². The Bertz CT molecular complexity index is 399. The minimum Gasteiger partial charge on any atom is -0.496 e. The van der Waals surface area contributed by atoms with Gasteiger partial charge in [-0.15, -0.1) is 0 Å². The molecule has 0 bridgehead atoms. The van der Waals surface area contributed by atoms with Crippen molar-refractivity contribution in [2.75, 3.05) is 13.7 Å². The summed E-state index contributed by atoms with van der Waals surface area (Å²) >= 11 is 3.52. The maximum Gasteiger partial charge on any atom is 0.133 e. The molecule has 0 amide bonds. The normalized spacial score (nSPS) is 12.0. The van der Waals surface area contributed by atoms with Crippen LogP contribution in [0.25, 0.3) is 5.57 Å². The number of benzene rings is 1. The van der Waals surface area contributed by atoms with E-state index < -0.39 is 0 Å². The second kappa shape index (κ2) is 6.82. The molecule has 2 nitrogen and oxygen atoms in total. The third-order valence-corrected chi connectivity index (χ3v) is 3.26. The van der Waals surface area contributed by atoms with Gasteiger partial charge < -0.3 is 10.5 Å². The second-order valence-corrected chi connectivity index (χ2v) is 5.10. The highest BCUT2D eigenvalue weighted by Crippen LogP contribution is 2.31. The molecule has 2 N–H and O–H groups in total. The van der Waals surface area contributed by atoms with Crippen LogP contribution in [-0.4, -0.2) is 13.7 Å². The lowest BCUT2D eigenvalue weighted by molar-refractivity contribution is 0.412. The Morgan fingerprint density at radius 2 is 2.18 bits per heavy atom. The molecule has 17 heavy (non-hydrogen) atoms. The van der Waals surface area contributed by atoms with E-state index in [-0.39, 0.29) is 0 Å². The monoisotopic (exact) mass is 297 g/mol. The van der Waals surface area contributed by atoms with Crippen LogP contribution in [0.1, 0.15) is 25.8 Å². The zero-order valence-corrected chi connectivity index (χ0v) is 12.3. The summed E-state index contributed by atoms with van der Waals surface area (Å²) < 4.78 is 6.22. The number of allylic oxidation sites excluding steroid dienone is 1. The minimum atomic E-state index is 0.488. The largest absolute Gasteiger partial charge is 0.496 e. The van der Waals surface area contributed by atoms with Gasteiger partial charge in [0, 0.05) is 0 Å². The maximum absolute atomic E-state index is 5.56. The summed E-state index contributed by atoms with van der Waals surface area (Å²) in [6.07, 6.45) is 3.13. The molecular weight excluding hydrogens is 278 g/mol. The van der Waals surface area contributed by atoms with E-state index in [9.17, 15) is 0 Å². The van der Waals surface area contributed by atoms with E-state index in [2.05, 4.69) is 48.0 Å². The van der Waals surface area contributed by atoms with Crippen LogP contribution >= 0.6 is 15.9 Å². The van der Waals surface area contributed by atoms with Gasteiger partial charge in [0.1, 0.15) is 5.75 Å². The van der Waals surface area contributed by atoms with Gasteiger partial charge in [-0.1, -0.05) is 26.0 Å². The molecule has 3 heteroatoms. The van der Waals surface area contributed by atoms with Crippen LogP contribution < -0.4 is 10.5 Å². The van der Waals surface area contributed by atoms with E-state index in [1.54, 1.807) is 7.11 Å². The summed E-state index contributed by atoms with van der Waals surface area (Å²) in [6, 6.07) is 6.17. The molecule has 0 aromatic heterocycles. The van der Waals surface area contributed by atoms with Crippen molar-refractivity contribution in [2.45, 2.75) is 20.3 Å². The molecule has 0 saturated heterocycles. The van der Waals surface area contributed by atoms with Crippen molar-refractivity contribution in [2.24, 2.45) is 11.7 Å². The van der Waals surface area contributed by atoms with E-state index in [1.165, 1.54) is 11.1 Å². The predicted octanol–water partition coefficient (Wildman–Crippen LogP) is 3.85. The Balaban J connectivity index is 3.07. The average Bonchev–Trinajstić information content (AvgIpc) is 2.29. The number of hydrogen-bond donors (Lipinski definition) is 1. The molecule has 0 spiro atoms. The molecule has 1 aromatic carbocycles. The maximum atomic E-state index is 5.56. The highest BCUT2D eigenvalue weighted by Gasteiger charge is 2.08. The Hall–Kier alpha value is -0.800. The minimum absolute atomic E-state index is 0.488. The molecule has 0 aliphatic heterocycles. The zero-order chi connectivity index (χ0) is 12.8. The molecule has 1 rings (SSSR count). The van der Waals surface area contributed by atoms with Crippen molar-refractivity contribution < 1.29 is 4.74 Å². The van der Waals surface area contributed by atoms with Gasteiger partial charge in [-0.25, -0.2) is 0 Å². The lowest BCUT2D eigenvalue weighted by Gasteiger charge is -2.13. The SMILES string of the molecule is COc1ccc(/C(=C/CCN)C(C)C)cc1Br. The van der Waals surface area contributed by atoms with Crippen molar-refractivity contribution in [3.8, 4) is 5.75 Å². The topological polar surface area (TPSA) is 35.2 Å². The first-order chi connectivity index (χ1) is 8.10. The van der Waals surface area contributed by atoms with Gasteiger partial charge in [0.25, 0.3) is 0 Å². The lowest BCUT2D eigenvalue weighted by atomic mass is 9.94. The molecule has 0 saturated carbocycles. The summed E-state index contributed by atoms with van der Waals surface area (Å²) in [7, 11) is 1.67. The Morgan fingerprint density at radius 3 is 2.65 bits per heavy atom. The van der Waals surface area contributed by atoms with E-state index in [4.69, 9.17) is 10.5 Å². The molecule has 0 aliphatic carbocycles. The van der Waals surface area contributed by atoms with Crippen LogP contribution in [0.4, 0.5) is 0 Å². The fraction of sp³-hybridized carbons (Fsp3) is 0.429. The number of hydrogen-bond acceptors (Lipinski definition) is 2. The first-order valence-corrected chi connectivity index (χ1v) is 6.63. The molecule has 0 heterocycles. The van der Waals surface area contributed by atoms with Crippen LogP contribution in [0.5, 0.6) is 5.75 Å². The molecule has 0 radical (unpaired) electrons. The van der Waals surface area contributed by atoms with Gasteiger partial charge in [0.15, 0.2) is 0 Å². The third kappa shape index (κ3) is 3.86. The Morgan fingerprint density at radius 1 is 1.47 bits per heavy atom. The third-order valence-electron chi connectivity index (χ3n) is 2.64. The Kier molecular flexibility index (Phi) is 5.72. The standard InChI is InChI=1S/C14H20BrNO/c1-10(2)12(5-4-8-16)11-6-7-14(17-3)13(15)9-11/h5-7,9-10H,4,8,16H2,1-3H3/b12-5+. The molecular formula is C14H20BrNO. The fourth-order valence-corrected chi connectivity index (χ4v) is 2.31. The lowest BCUT2D eigenvalue weighted by Crippen LogP contribution is -1.99. The average molecular weight is 298 g/mol. The highest BCUT2D eigenvalue weighted by molar-refractivity contribution is 9.10.